The molecule has 3 heteroatoms. The Labute approximate surface area is 102 Å². The Balaban J connectivity index is 0.00000128. The number of hydrogen-bond acceptors (Lipinski definition) is 2. The van der Waals surface area contributed by atoms with Gasteiger partial charge in [-0.05, 0) is 30.2 Å². The lowest BCUT2D eigenvalue weighted by molar-refractivity contribution is 1.35. The molecule has 0 bridgehead atoms. The molecule has 0 saturated heterocycles. The van der Waals surface area contributed by atoms with Crippen LogP contribution in [0.5, 0.6) is 0 Å². The van der Waals surface area contributed by atoms with Crippen molar-refractivity contribution in [2.24, 2.45) is 5.84 Å². The van der Waals surface area contributed by atoms with E-state index in [1.54, 1.807) is 0 Å². The third kappa shape index (κ3) is 2.75. The van der Waals surface area contributed by atoms with E-state index in [4.69, 9.17) is 5.84 Å². The van der Waals surface area contributed by atoms with Crippen LogP contribution >= 0.6 is 12.4 Å². The molecule has 0 aliphatic rings. The van der Waals surface area contributed by atoms with Crippen LogP contribution in [0.4, 0.5) is 5.69 Å². The molecule has 0 radical (unpaired) electrons. The summed E-state index contributed by atoms with van der Waals surface area (Å²) in [4.78, 5) is 0. The smallest absolute Gasteiger partial charge is 0.0491 e. The van der Waals surface area contributed by atoms with Crippen molar-refractivity contribution in [3.05, 3.63) is 54.1 Å². The minimum atomic E-state index is 0. The lowest BCUT2D eigenvalue weighted by Crippen LogP contribution is -2.06. The van der Waals surface area contributed by atoms with E-state index in [0.717, 1.165) is 5.69 Å². The van der Waals surface area contributed by atoms with Gasteiger partial charge >= 0.3 is 0 Å². The van der Waals surface area contributed by atoms with E-state index in [-0.39, 0.29) is 12.4 Å². The highest BCUT2D eigenvalue weighted by atomic mass is 35.5. The molecule has 0 heterocycles. The number of benzene rings is 2. The third-order valence-corrected chi connectivity index (χ3v) is 2.41. The van der Waals surface area contributed by atoms with Gasteiger partial charge in [-0.2, -0.15) is 0 Å². The standard InChI is InChI=1S/C13H14N2.ClH/c1-10-5-7-11(8-6-10)12-3-2-4-13(9-12)15-14;/h2-9,15H,14H2,1H3;1H. The number of nitrogen functional groups attached to an aromatic ring is 1. The van der Waals surface area contributed by atoms with Crippen molar-refractivity contribution >= 4 is 18.1 Å². The van der Waals surface area contributed by atoms with Gasteiger partial charge in [0.05, 0.1) is 0 Å². The first-order valence-electron chi connectivity index (χ1n) is 4.93. The fourth-order valence-electron chi connectivity index (χ4n) is 1.53. The average Bonchev–Trinajstić information content (AvgIpc) is 2.30. The number of anilines is 1. The van der Waals surface area contributed by atoms with Gasteiger partial charge in [-0.1, -0.05) is 42.0 Å². The van der Waals surface area contributed by atoms with Crippen LogP contribution in [0.15, 0.2) is 48.5 Å². The van der Waals surface area contributed by atoms with E-state index in [9.17, 15) is 0 Å². The zero-order valence-electron chi connectivity index (χ0n) is 9.10. The average molecular weight is 235 g/mol. The topological polar surface area (TPSA) is 38.0 Å². The molecule has 2 aromatic rings. The Morgan fingerprint density at radius 1 is 0.938 bits per heavy atom. The highest BCUT2D eigenvalue weighted by Gasteiger charge is 1.97. The maximum absolute atomic E-state index is 5.37. The molecule has 0 aliphatic heterocycles. The number of hydrazine groups is 1. The number of halogens is 1. The van der Waals surface area contributed by atoms with Crippen LogP contribution in [0.1, 0.15) is 5.56 Å². The fourth-order valence-corrected chi connectivity index (χ4v) is 1.53. The van der Waals surface area contributed by atoms with Gasteiger partial charge in [0.25, 0.3) is 0 Å². The Morgan fingerprint density at radius 3 is 2.25 bits per heavy atom. The molecule has 0 aromatic heterocycles. The van der Waals surface area contributed by atoms with Crippen molar-refractivity contribution in [2.75, 3.05) is 5.43 Å². The molecule has 0 atom stereocenters. The summed E-state index contributed by atoms with van der Waals surface area (Å²) in [6.07, 6.45) is 0. The molecule has 3 N–H and O–H groups in total. The van der Waals surface area contributed by atoms with E-state index >= 15 is 0 Å². The summed E-state index contributed by atoms with van der Waals surface area (Å²) in [6, 6.07) is 16.5. The molecular formula is C13H15ClN2. The monoisotopic (exact) mass is 234 g/mol. The Morgan fingerprint density at radius 2 is 1.62 bits per heavy atom. The lowest BCUT2D eigenvalue weighted by atomic mass is 10.0. The summed E-state index contributed by atoms with van der Waals surface area (Å²) in [5.74, 6) is 5.37. The van der Waals surface area contributed by atoms with E-state index in [1.165, 1.54) is 16.7 Å². The minimum Gasteiger partial charge on any atom is -0.324 e. The Kier molecular flexibility index (Phi) is 4.35. The van der Waals surface area contributed by atoms with Crippen molar-refractivity contribution in [3.8, 4) is 11.1 Å². The molecule has 0 aliphatic carbocycles. The third-order valence-electron chi connectivity index (χ3n) is 2.41. The van der Waals surface area contributed by atoms with Crippen molar-refractivity contribution < 1.29 is 0 Å². The molecule has 0 saturated carbocycles. The molecule has 16 heavy (non-hydrogen) atoms. The zero-order chi connectivity index (χ0) is 10.7. The molecule has 0 fully saturated rings. The van der Waals surface area contributed by atoms with Crippen LogP contribution in [-0.2, 0) is 0 Å². The van der Waals surface area contributed by atoms with Gasteiger partial charge in [0.1, 0.15) is 0 Å². The van der Waals surface area contributed by atoms with Crippen LogP contribution in [0.2, 0.25) is 0 Å². The molecule has 2 rings (SSSR count). The van der Waals surface area contributed by atoms with Crippen LogP contribution < -0.4 is 11.3 Å². The van der Waals surface area contributed by atoms with Gasteiger partial charge in [-0.3, -0.25) is 5.84 Å². The van der Waals surface area contributed by atoms with E-state index in [2.05, 4.69) is 42.7 Å². The molecule has 2 nitrogen and oxygen atoms in total. The highest BCUT2D eigenvalue weighted by molar-refractivity contribution is 5.85. The molecular weight excluding hydrogens is 220 g/mol. The summed E-state index contributed by atoms with van der Waals surface area (Å²) in [6.45, 7) is 2.08. The van der Waals surface area contributed by atoms with Gasteiger partial charge in [0.2, 0.25) is 0 Å². The Bertz CT molecular complexity index is 452. The van der Waals surface area contributed by atoms with Crippen molar-refractivity contribution in [1.29, 1.82) is 0 Å². The first-order valence-corrected chi connectivity index (χ1v) is 4.93. The second kappa shape index (κ2) is 5.54. The summed E-state index contributed by atoms with van der Waals surface area (Å²) in [7, 11) is 0. The highest BCUT2D eigenvalue weighted by Crippen LogP contribution is 2.22. The predicted molar refractivity (Wildman–Crippen MR) is 71.7 cm³/mol. The molecule has 2 aromatic carbocycles. The van der Waals surface area contributed by atoms with E-state index < -0.39 is 0 Å². The van der Waals surface area contributed by atoms with Crippen molar-refractivity contribution in [3.63, 3.8) is 0 Å². The number of rotatable bonds is 2. The number of nitrogens with two attached hydrogens (primary N) is 1. The molecule has 0 amide bonds. The summed E-state index contributed by atoms with van der Waals surface area (Å²) in [5, 5.41) is 0. The normalized spacial score (nSPS) is 9.38. The summed E-state index contributed by atoms with van der Waals surface area (Å²) < 4.78 is 0. The quantitative estimate of drug-likeness (QED) is 0.618. The van der Waals surface area contributed by atoms with E-state index in [0.29, 0.717) is 0 Å². The predicted octanol–water partition coefficient (Wildman–Crippen LogP) is 3.37. The van der Waals surface area contributed by atoms with Crippen molar-refractivity contribution in [2.45, 2.75) is 6.92 Å². The lowest BCUT2D eigenvalue weighted by Gasteiger charge is -2.05. The van der Waals surface area contributed by atoms with Crippen molar-refractivity contribution in [1.82, 2.24) is 0 Å². The molecule has 0 spiro atoms. The van der Waals surface area contributed by atoms with E-state index in [1.807, 2.05) is 18.2 Å². The van der Waals surface area contributed by atoms with Crippen LogP contribution in [0.25, 0.3) is 11.1 Å². The molecule has 84 valence electrons. The first kappa shape index (κ1) is 12.6. The second-order valence-electron chi connectivity index (χ2n) is 3.59. The maximum Gasteiger partial charge on any atom is 0.0491 e. The van der Waals surface area contributed by atoms with Crippen LogP contribution in [-0.4, -0.2) is 0 Å². The minimum absolute atomic E-state index is 0. The zero-order valence-corrected chi connectivity index (χ0v) is 9.92. The Hall–Kier alpha value is -1.51. The summed E-state index contributed by atoms with van der Waals surface area (Å²) >= 11 is 0. The number of hydrogen-bond donors (Lipinski definition) is 2. The van der Waals surface area contributed by atoms with Gasteiger partial charge < -0.3 is 5.43 Å². The first-order chi connectivity index (χ1) is 7.29. The second-order valence-corrected chi connectivity index (χ2v) is 3.59. The van der Waals surface area contributed by atoms with Gasteiger partial charge in [0, 0.05) is 5.69 Å². The van der Waals surface area contributed by atoms with Crippen LogP contribution in [0, 0.1) is 6.92 Å². The largest absolute Gasteiger partial charge is 0.324 e. The van der Waals surface area contributed by atoms with Gasteiger partial charge in [-0.15, -0.1) is 12.4 Å². The van der Waals surface area contributed by atoms with Gasteiger partial charge in [0.15, 0.2) is 0 Å². The SMILES string of the molecule is Cc1ccc(-c2cccc(NN)c2)cc1.Cl. The fraction of sp³-hybridized carbons (Fsp3) is 0.0769. The van der Waals surface area contributed by atoms with Gasteiger partial charge in [-0.25, -0.2) is 0 Å². The molecule has 0 unspecified atom stereocenters. The summed E-state index contributed by atoms with van der Waals surface area (Å²) in [5.41, 5.74) is 7.22. The number of nitrogens with one attached hydrogen (secondary N) is 1. The number of aryl methyl sites for hydroxylation is 1. The maximum atomic E-state index is 5.37. The van der Waals surface area contributed by atoms with Crippen LogP contribution in [0.3, 0.4) is 0 Å².